The van der Waals surface area contributed by atoms with Crippen molar-refractivity contribution in [2.75, 3.05) is 25.0 Å². The number of anilines is 1. The highest BCUT2D eigenvalue weighted by Crippen LogP contribution is 2.22. The lowest BCUT2D eigenvalue weighted by Crippen LogP contribution is -2.29. The summed E-state index contributed by atoms with van der Waals surface area (Å²) in [5, 5.41) is 3.42. The Labute approximate surface area is 167 Å². The van der Waals surface area contributed by atoms with Crippen molar-refractivity contribution in [2.45, 2.75) is 25.8 Å². The molecular formula is C19H20Cl2N2O4. The van der Waals surface area contributed by atoms with Gasteiger partial charge in [-0.15, -0.1) is 0 Å². The molecule has 144 valence electrons. The molecule has 1 aliphatic heterocycles. The second-order valence-corrected chi connectivity index (χ2v) is 7.28. The maximum atomic E-state index is 12.2. The summed E-state index contributed by atoms with van der Waals surface area (Å²) in [5.74, 6) is 0.147. The fourth-order valence-corrected chi connectivity index (χ4v) is 3.46. The second-order valence-electron chi connectivity index (χ2n) is 6.41. The van der Waals surface area contributed by atoms with Crippen molar-refractivity contribution in [3.8, 4) is 5.75 Å². The van der Waals surface area contributed by atoms with Crippen molar-refractivity contribution in [2.24, 2.45) is 0 Å². The lowest BCUT2D eigenvalue weighted by atomic mass is 10.1. The third-order valence-corrected chi connectivity index (χ3v) is 4.62. The van der Waals surface area contributed by atoms with Gasteiger partial charge in [-0.3, -0.25) is 14.5 Å². The third kappa shape index (κ3) is 5.99. The van der Waals surface area contributed by atoms with Crippen LogP contribution in [0.4, 0.5) is 5.69 Å². The Balaban J connectivity index is 1.54. The number of hydrogen-bond acceptors (Lipinski definition) is 5. The minimum absolute atomic E-state index is 0.00308. The molecular weight excluding hydrogens is 391 g/mol. The van der Waals surface area contributed by atoms with Crippen LogP contribution >= 0.6 is 23.2 Å². The Bertz CT molecular complexity index is 843. The first-order chi connectivity index (χ1) is 13.0. The second kappa shape index (κ2) is 9.26. The summed E-state index contributed by atoms with van der Waals surface area (Å²) in [5.41, 5.74) is 0.136. The smallest absolute Gasteiger partial charge is 0.262 e. The first kappa shape index (κ1) is 19.7. The SMILES string of the molecule is O=C(COc1coc(CN2CCCCC2)cc1=O)Nc1cc(Cl)cc(Cl)c1. The number of amides is 1. The monoisotopic (exact) mass is 410 g/mol. The molecule has 1 aliphatic rings. The molecule has 1 aromatic heterocycles. The molecule has 0 spiro atoms. The van der Waals surface area contributed by atoms with Gasteiger partial charge in [0.2, 0.25) is 11.2 Å². The summed E-state index contributed by atoms with van der Waals surface area (Å²) in [6, 6.07) is 6.11. The Morgan fingerprint density at radius 2 is 1.81 bits per heavy atom. The van der Waals surface area contributed by atoms with Crippen LogP contribution in [-0.4, -0.2) is 30.5 Å². The topological polar surface area (TPSA) is 71.8 Å². The quantitative estimate of drug-likeness (QED) is 0.780. The average molecular weight is 411 g/mol. The van der Waals surface area contributed by atoms with E-state index in [0.717, 1.165) is 13.1 Å². The number of nitrogens with zero attached hydrogens (tertiary/aromatic N) is 1. The highest BCUT2D eigenvalue weighted by molar-refractivity contribution is 6.35. The normalized spacial score (nSPS) is 14.7. The number of likely N-dealkylation sites (tertiary alicyclic amines) is 1. The third-order valence-electron chi connectivity index (χ3n) is 4.19. The van der Waals surface area contributed by atoms with Gasteiger partial charge in [0.05, 0.1) is 6.54 Å². The molecule has 27 heavy (non-hydrogen) atoms. The van der Waals surface area contributed by atoms with Gasteiger partial charge in [0.1, 0.15) is 12.0 Å². The highest BCUT2D eigenvalue weighted by atomic mass is 35.5. The summed E-state index contributed by atoms with van der Waals surface area (Å²) < 4.78 is 10.8. The van der Waals surface area contributed by atoms with Crippen molar-refractivity contribution in [1.82, 2.24) is 4.90 Å². The molecule has 0 bridgehead atoms. The molecule has 1 fully saturated rings. The molecule has 6 nitrogen and oxygen atoms in total. The van der Waals surface area contributed by atoms with Crippen LogP contribution in [0.3, 0.4) is 0 Å². The first-order valence-electron chi connectivity index (χ1n) is 8.72. The number of hydrogen-bond donors (Lipinski definition) is 1. The molecule has 0 atom stereocenters. The van der Waals surface area contributed by atoms with Gasteiger partial charge < -0.3 is 14.5 Å². The molecule has 2 heterocycles. The van der Waals surface area contributed by atoms with Crippen LogP contribution < -0.4 is 15.5 Å². The summed E-state index contributed by atoms with van der Waals surface area (Å²) in [6.45, 7) is 2.29. The zero-order chi connectivity index (χ0) is 19.2. The Kier molecular flexibility index (Phi) is 6.77. The molecule has 0 aliphatic carbocycles. The van der Waals surface area contributed by atoms with E-state index in [-0.39, 0.29) is 17.8 Å². The van der Waals surface area contributed by atoms with Gasteiger partial charge in [-0.05, 0) is 44.1 Å². The van der Waals surface area contributed by atoms with Crippen LogP contribution in [0.25, 0.3) is 0 Å². The van der Waals surface area contributed by atoms with Crippen LogP contribution in [0, 0.1) is 0 Å². The average Bonchev–Trinajstić information content (AvgIpc) is 2.61. The number of benzene rings is 1. The van der Waals surface area contributed by atoms with E-state index in [0.29, 0.717) is 28.0 Å². The molecule has 1 amide bonds. The highest BCUT2D eigenvalue weighted by Gasteiger charge is 2.14. The van der Waals surface area contributed by atoms with Crippen LogP contribution in [0.1, 0.15) is 25.0 Å². The van der Waals surface area contributed by atoms with Gasteiger partial charge in [0.15, 0.2) is 6.61 Å². The van der Waals surface area contributed by atoms with E-state index in [9.17, 15) is 9.59 Å². The van der Waals surface area contributed by atoms with E-state index in [1.165, 1.54) is 31.6 Å². The van der Waals surface area contributed by atoms with Gasteiger partial charge in [-0.1, -0.05) is 29.6 Å². The van der Waals surface area contributed by atoms with E-state index in [1.807, 2.05) is 0 Å². The van der Waals surface area contributed by atoms with E-state index in [1.54, 1.807) is 18.2 Å². The van der Waals surface area contributed by atoms with E-state index < -0.39 is 5.91 Å². The maximum absolute atomic E-state index is 12.2. The zero-order valence-electron chi connectivity index (χ0n) is 14.7. The van der Waals surface area contributed by atoms with Gasteiger partial charge in [0.25, 0.3) is 5.91 Å². The Morgan fingerprint density at radius 1 is 1.11 bits per heavy atom. The molecule has 0 radical (unpaired) electrons. The van der Waals surface area contributed by atoms with Gasteiger partial charge in [-0.2, -0.15) is 0 Å². The van der Waals surface area contributed by atoms with Crippen molar-refractivity contribution < 1.29 is 13.9 Å². The van der Waals surface area contributed by atoms with Crippen LogP contribution in [0.5, 0.6) is 5.75 Å². The maximum Gasteiger partial charge on any atom is 0.262 e. The summed E-state index contributed by atoms with van der Waals surface area (Å²) in [4.78, 5) is 26.4. The first-order valence-corrected chi connectivity index (χ1v) is 9.48. The van der Waals surface area contributed by atoms with Gasteiger partial charge in [0, 0.05) is 21.8 Å². The van der Waals surface area contributed by atoms with E-state index in [2.05, 4.69) is 10.2 Å². The predicted octanol–water partition coefficient (Wildman–Crippen LogP) is 3.95. The van der Waals surface area contributed by atoms with Crippen molar-refractivity contribution in [1.29, 1.82) is 0 Å². The van der Waals surface area contributed by atoms with Gasteiger partial charge in [-0.25, -0.2) is 0 Å². The van der Waals surface area contributed by atoms with Crippen molar-refractivity contribution >= 4 is 34.8 Å². The number of nitrogens with one attached hydrogen (secondary N) is 1. The number of piperidine rings is 1. The fourth-order valence-electron chi connectivity index (χ4n) is 2.93. The standard InChI is InChI=1S/C19H20Cl2N2O4/c20-13-6-14(21)8-15(7-13)22-19(25)12-27-18-11-26-16(9-17(18)24)10-23-4-2-1-3-5-23/h6-9,11H,1-5,10,12H2,(H,22,25). The number of carbonyl (C=O) groups is 1. The summed E-state index contributed by atoms with van der Waals surface area (Å²) >= 11 is 11.8. The molecule has 0 saturated carbocycles. The van der Waals surface area contributed by atoms with E-state index >= 15 is 0 Å². The number of rotatable bonds is 6. The summed E-state index contributed by atoms with van der Waals surface area (Å²) in [6.07, 6.45) is 4.83. The number of ether oxygens (including phenoxy) is 1. The Hall–Kier alpha value is -2.02. The van der Waals surface area contributed by atoms with Crippen LogP contribution in [0.15, 0.2) is 39.7 Å². The molecule has 2 aromatic rings. The lowest BCUT2D eigenvalue weighted by Gasteiger charge is -2.25. The molecule has 1 aromatic carbocycles. The largest absolute Gasteiger partial charge is 0.477 e. The van der Waals surface area contributed by atoms with Gasteiger partial charge >= 0.3 is 0 Å². The molecule has 3 rings (SSSR count). The van der Waals surface area contributed by atoms with Crippen molar-refractivity contribution in [3.05, 3.63) is 56.6 Å². The van der Waals surface area contributed by atoms with E-state index in [4.69, 9.17) is 32.4 Å². The van der Waals surface area contributed by atoms with Crippen molar-refractivity contribution in [3.63, 3.8) is 0 Å². The minimum Gasteiger partial charge on any atom is -0.477 e. The lowest BCUT2D eigenvalue weighted by molar-refractivity contribution is -0.118. The molecule has 0 unspecified atom stereocenters. The molecule has 1 saturated heterocycles. The number of carbonyl (C=O) groups excluding carboxylic acids is 1. The van der Waals surface area contributed by atoms with Crippen LogP contribution in [-0.2, 0) is 11.3 Å². The van der Waals surface area contributed by atoms with Crippen LogP contribution in [0.2, 0.25) is 10.0 Å². The molecule has 1 N–H and O–H groups in total. The predicted molar refractivity (Wildman–Crippen MR) is 105 cm³/mol. The summed E-state index contributed by atoms with van der Waals surface area (Å²) in [7, 11) is 0. The number of halogens is 2. The fraction of sp³-hybridized carbons (Fsp3) is 0.368. The minimum atomic E-state index is -0.440. The molecule has 8 heteroatoms. The zero-order valence-corrected chi connectivity index (χ0v) is 16.2. The Morgan fingerprint density at radius 3 is 2.48 bits per heavy atom.